The Hall–Kier alpha value is -0.935. The topological polar surface area (TPSA) is 68.4 Å². The van der Waals surface area contributed by atoms with Crippen molar-refractivity contribution in [2.24, 2.45) is 5.73 Å². The lowest BCUT2D eigenvalue weighted by atomic mass is 9.43. The van der Waals surface area contributed by atoms with Crippen molar-refractivity contribution < 1.29 is 9.84 Å². The number of hydrogen-bond acceptors (Lipinski definition) is 4. The third kappa shape index (κ3) is 4.29. The van der Waals surface area contributed by atoms with Crippen molar-refractivity contribution in [2.45, 2.75) is 11.2 Å². The van der Waals surface area contributed by atoms with Gasteiger partial charge in [0.1, 0.15) is 0 Å². The molecule has 78 valence electrons. The molecule has 0 amide bonds. The quantitative estimate of drug-likeness (QED) is 0.615. The Kier molecular flexibility index (Phi) is 4.44. The maximum atomic E-state index is 8.83. The van der Waals surface area contributed by atoms with Crippen molar-refractivity contribution in [1.29, 1.82) is 0 Å². The molecule has 1 rings (SSSR count). The fraction of sp³-hybridized carbons (Fsp3) is 0.444. The van der Waals surface area contributed by atoms with E-state index in [1.165, 1.54) is 6.20 Å². The fourth-order valence-electron chi connectivity index (χ4n) is 1.00. The number of pyridine rings is 1. The number of hydrogen-bond donors (Lipinski definition) is 2. The lowest BCUT2D eigenvalue weighted by molar-refractivity contribution is 0.267. The summed E-state index contributed by atoms with van der Waals surface area (Å²) < 4.78 is 5.15. The zero-order chi connectivity index (χ0) is 12.2. The molecule has 1 atom stereocenters. The number of nitrogens with zero attached hydrogens (tertiary/aromatic N) is 1. The normalized spacial score (nSPS) is 13.4. The third-order valence-corrected chi connectivity index (χ3v) is 1.85. The van der Waals surface area contributed by atoms with Crippen LogP contribution in [0.3, 0.4) is 0 Å². The summed E-state index contributed by atoms with van der Waals surface area (Å²) in [5, 5.41) is 7.45. The molecule has 0 fully saturated rings. The average molecular weight is 212 g/mol. The monoisotopic (exact) mass is 212 g/mol. The van der Waals surface area contributed by atoms with Crippen molar-refractivity contribution in [3.63, 3.8) is 0 Å². The molecule has 16 heavy (non-hydrogen) atoms. The summed E-state index contributed by atoms with van der Waals surface area (Å²) >= 11 is 0. The van der Waals surface area contributed by atoms with Gasteiger partial charge in [0.25, 0.3) is 0 Å². The molecule has 7 heteroatoms. The Labute approximate surface area is 98.8 Å². The minimum atomic E-state index is -1.39. The number of ether oxygens (including phenoxy) is 1. The van der Waals surface area contributed by atoms with E-state index < -0.39 is 11.2 Å². The van der Waals surface area contributed by atoms with E-state index in [0.717, 1.165) is 0 Å². The molecule has 0 bridgehead atoms. The lowest BCUT2D eigenvalue weighted by Gasteiger charge is -2.19. The zero-order valence-corrected chi connectivity index (χ0v) is 8.84. The summed E-state index contributed by atoms with van der Waals surface area (Å²) in [5.74, 6) is 0.347. The number of nitrogens with two attached hydrogens (primary N) is 1. The molecule has 0 aliphatic carbocycles. The molecule has 0 aliphatic heterocycles. The SMILES string of the molecule is [B]C([B])([B])COc1ccc([C@@H](N)CO)cn1. The maximum absolute atomic E-state index is 8.83. The first-order valence-corrected chi connectivity index (χ1v) is 4.74. The predicted octanol–water partition coefficient (Wildman–Crippen LogP) is -0.968. The first-order chi connectivity index (χ1) is 7.42. The number of aliphatic hydroxyl groups is 1. The molecule has 6 radical (unpaired) electrons. The highest BCUT2D eigenvalue weighted by molar-refractivity contribution is 6.59. The lowest BCUT2D eigenvalue weighted by Crippen LogP contribution is -2.22. The third-order valence-electron chi connectivity index (χ3n) is 1.85. The zero-order valence-electron chi connectivity index (χ0n) is 8.84. The first kappa shape index (κ1) is 13.1. The largest absolute Gasteiger partial charge is 0.479 e. The number of aromatic nitrogens is 1. The van der Waals surface area contributed by atoms with Gasteiger partial charge in [-0.15, -0.1) is 0 Å². The van der Waals surface area contributed by atoms with E-state index in [0.29, 0.717) is 11.4 Å². The second-order valence-electron chi connectivity index (χ2n) is 3.62. The van der Waals surface area contributed by atoms with Crippen LogP contribution in [-0.2, 0) is 0 Å². The second kappa shape index (κ2) is 5.41. The van der Waals surface area contributed by atoms with Crippen LogP contribution in [0.2, 0.25) is 5.11 Å². The van der Waals surface area contributed by atoms with Gasteiger partial charge in [-0.2, -0.15) is 0 Å². The van der Waals surface area contributed by atoms with Gasteiger partial charge in [0, 0.05) is 12.3 Å². The molecule has 0 aliphatic rings. The van der Waals surface area contributed by atoms with Crippen LogP contribution in [0.4, 0.5) is 0 Å². The van der Waals surface area contributed by atoms with E-state index in [1.807, 2.05) is 0 Å². The highest BCUT2D eigenvalue weighted by Crippen LogP contribution is 2.15. The Balaban J connectivity index is 2.58. The summed E-state index contributed by atoms with van der Waals surface area (Å²) in [6, 6.07) is 2.87. The van der Waals surface area contributed by atoms with Gasteiger partial charge in [-0.3, -0.25) is 0 Å². The summed E-state index contributed by atoms with van der Waals surface area (Å²) in [7, 11) is 16.0. The van der Waals surface area contributed by atoms with E-state index in [-0.39, 0.29) is 13.2 Å². The maximum Gasteiger partial charge on any atom is 0.213 e. The van der Waals surface area contributed by atoms with Gasteiger partial charge in [0.2, 0.25) is 5.88 Å². The Bertz CT molecular complexity index is 327. The van der Waals surface area contributed by atoms with E-state index in [2.05, 4.69) is 4.98 Å². The average Bonchev–Trinajstić information content (AvgIpc) is 2.25. The van der Waals surface area contributed by atoms with Crippen LogP contribution in [0.25, 0.3) is 0 Å². The van der Waals surface area contributed by atoms with E-state index in [1.54, 1.807) is 12.1 Å². The van der Waals surface area contributed by atoms with Gasteiger partial charge in [0.05, 0.1) is 42.8 Å². The van der Waals surface area contributed by atoms with Crippen molar-refractivity contribution in [3.05, 3.63) is 23.9 Å². The fourth-order valence-corrected chi connectivity index (χ4v) is 1.00. The Morgan fingerprint density at radius 3 is 2.56 bits per heavy atom. The Morgan fingerprint density at radius 2 is 2.12 bits per heavy atom. The van der Waals surface area contributed by atoms with E-state index in [4.69, 9.17) is 39.1 Å². The van der Waals surface area contributed by atoms with Crippen molar-refractivity contribution >= 4 is 23.5 Å². The van der Waals surface area contributed by atoms with Crippen LogP contribution >= 0.6 is 0 Å². The molecule has 4 nitrogen and oxygen atoms in total. The molecule has 1 aromatic rings. The summed E-state index contributed by atoms with van der Waals surface area (Å²) in [6.45, 7) is -0.190. The molecule has 1 aromatic heterocycles. The molecular formula is C9H11B3N2O2. The van der Waals surface area contributed by atoms with Crippen molar-refractivity contribution in [2.75, 3.05) is 13.2 Å². The Morgan fingerprint density at radius 1 is 1.44 bits per heavy atom. The summed E-state index contributed by atoms with van der Waals surface area (Å²) in [4.78, 5) is 3.97. The van der Waals surface area contributed by atoms with E-state index in [9.17, 15) is 0 Å². The molecule has 0 aromatic carbocycles. The van der Waals surface area contributed by atoms with Gasteiger partial charge in [0.15, 0.2) is 0 Å². The molecule has 1 heterocycles. The van der Waals surface area contributed by atoms with Crippen LogP contribution in [0, 0.1) is 0 Å². The van der Waals surface area contributed by atoms with Crippen LogP contribution in [0.5, 0.6) is 5.88 Å². The highest BCUT2D eigenvalue weighted by Gasteiger charge is 2.11. The molecule has 0 spiro atoms. The summed E-state index contributed by atoms with van der Waals surface area (Å²) in [6.07, 6.45) is 1.52. The molecule has 0 saturated carbocycles. The smallest absolute Gasteiger partial charge is 0.213 e. The van der Waals surface area contributed by atoms with Crippen LogP contribution in [0.1, 0.15) is 11.6 Å². The molecule has 0 saturated heterocycles. The first-order valence-electron chi connectivity index (χ1n) is 4.74. The highest BCUT2D eigenvalue weighted by atomic mass is 16.5. The standard InChI is InChI=1S/C9H11B3N2O2/c10-9(11,12)5-16-8-2-1-6(3-14-8)7(13)4-15/h1-3,7,15H,4-5,13H2/t7-/m0/s1. The van der Waals surface area contributed by atoms with Crippen LogP contribution in [-0.4, -0.2) is 46.8 Å². The van der Waals surface area contributed by atoms with Gasteiger partial charge >= 0.3 is 0 Å². The molecular weight excluding hydrogens is 201 g/mol. The van der Waals surface area contributed by atoms with Gasteiger partial charge in [-0.1, -0.05) is 11.2 Å². The molecule has 0 unspecified atom stereocenters. The minimum Gasteiger partial charge on any atom is -0.479 e. The van der Waals surface area contributed by atoms with Crippen molar-refractivity contribution in [1.82, 2.24) is 4.98 Å². The van der Waals surface area contributed by atoms with Crippen LogP contribution in [0.15, 0.2) is 18.3 Å². The van der Waals surface area contributed by atoms with Gasteiger partial charge < -0.3 is 15.6 Å². The predicted molar refractivity (Wildman–Crippen MR) is 63.7 cm³/mol. The number of rotatable bonds is 5. The van der Waals surface area contributed by atoms with Crippen LogP contribution < -0.4 is 10.5 Å². The minimum absolute atomic E-state index is 0.0502. The van der Waals surface area contributed by atoms with Gasteiger partial charge in [-0.05, 0) is 5.56 Å². The summed E-state index contributed by atoms with van der Waals surface area (Å²) in [5.41, 5.74) is 6.31. The number of aliphatic hydroxyl groups excluding tert-OH is 1. The van der Waals surface area contributed by atoms with E-state index >= 15 is 0 Å². The van der Waals surface area contributed by atoms with Crippen molar-refractivity contribution in [3.8, 4) is 5.88 Å². The molecule has 3 N–H and O–H groups in total. The van der Waals surface area contributed by atoms with Gasteiger partial charge in [-0.25, -0.2) is 4.98 Å². The second-order valence-corrected chi connectivity index (χ2v) is 3.62.